The van der Waals surface area contributed by atoms with Gasteiger partial charge in [-0.1, -0.05) is 17.7 Å². The molecule has 26 heavy (non-hydrogen) atoms. The molecule has 0 aliphatic heterocycles. The zero-order valence-corrected chi connectivity index (χ0v) is 16.2. The van der Waals surface area contributed by atoms with E-state index < -0.39 is 0 Å². The van der Waals surface area contributed by atoms with Crippen LogP contribution in [0.3, 0.4) is 0 Å². The summed E-state index contributed by atoms with van der Waals surface area (Å²) in [6.45, 7) is 7.63. The van der Waals surface area contributed by atoms with Crippen LogP contribution in [0.4, 0.5) is 10.8 Å². The van der Waals surface area contributed by atoms with E-state index in [1.165, 1.54) is 11.3 Å². The SMILES string of the molecule is C/C(CC(=O)Nc1c(C)cc(C)cc1C)=N\NC(=O)Cc1csc(N)n1. The molecule has 0 radical (unpaired) electrons. The largest absolute Gasteiger partial charge is 0.375 e. The average molecular weight is 373 g/mol. The summed E-state index contributed by atoms with van der Waals surface area (Å²) in [7, 11) is 0. The molecule has 1 aromatic heterocycles. The van der Waals surface area contributed by atoms with Crippen LogP contribution in [-0.2, 0) is 16.0 Å². The van der Waals surface area contributed by atoms with E-state index in [2.05, 4.69) is 20.8 Å². The van der Waals surface area contributed by atoms with Crippen LogP contribution in [0.5, 0.6) is 0 Å². The van der Waals surface area contributed by atoms with Crippen molar-refractivity contribution in [3.8, 4) is 0 Å². The van der Waals surface area contributed by atoms with Crippen LogP contribution >= 0.6 is 11.3 Å². The van der Waals surface area contributed by atoms with Crippen molar-refractivity contribution in [3.05, 3.63) is 39.9 Å². The average Bonchev–Trinajstić information content (AvgIpc) is 2.94. The standard InChI is InChI=1S/C18H23N5O2S/c1-10-5-11(2)17(12(3)6-10)21-15(24)7-13(4)22-23-16(25)8-14-9-26-18(19)20-14/h5-6,9H,7-8H2,1-4H3,(H2,19,20)(H,21,24)(H,23,25)/b22-13+. The molecule has 2 aromatic rings. The quantitative estimate of drug-likeness (QED) is 0.534. The van der Waals surface area contributed by atoms with E-state index in [1.807, 2.05) is 32.9 Å². The lowest BCUT2D eigenvalue weighted by Gasteiger charge is -2.12. The van der Waals surface area contributed by atoms with Gasteiger partial charge in [-0.3, -0.25) is 9.59 Å². The second-order valence-corrected chi connectivity index (χ2v) is 7.12. The lowest BCUT2D eigenvalue weighted by Crippen LogP contribution is -2.23. The molecule has 7 nitrogen and oxygen atoms in total. The number of anilines is 2. The minimum absolute atomic E-state index is 0.0939. The number of benzene rings is 1. The fourth-order valence-corrected chi connectivity index (χ4v) is 3.16. The van der Waals surface area contributed by atoms with Gasteiger partial charge in [0, 0.05) is 16.8 Å². The number of thiazole rings is 1. The first-order valence-electron chi connectivity index (χ1n) is 8.14. The molecule has 0 fully saturated rings. The fraction of sp³-hybridized carbons (Fsp3) is 0.333. The number of aryl methyl sites for hydroxylation is 3. The van der Waals surface area contributed by atoms with Crippen LogP contribution in [0.2, 0.25) is 0 Å². The topological polar surface area (TPSA) is 109 Å². The molecule has 1 heterocycles. The Morgan fingerprint density at radius 3 is 2.42 bits per heavy atom. The van der Waals surface area contributed by atoms with Gasteiger partial charge in [0.05, 0.1) is 18.5 Å². The Kier molecular flexibility index (Phi) is 6.46. The van der Waals surface area contributed by atoms with Crippen molar-refractivity contribution in [2.45, 2.75) is 40.5 Å². The van der Waals surface area contributed by atoms with Crippen molar-refractivity contribution in [3.63, 3.8) is 0 Å². The molecular formula is C18H23N5O2S. The highest BCUT2D eigenvalue weighted by Crippen LogP contribution is 2.22. The summed E-state index contributed by atoms with van der Waals surface area (Å²) >= 11 is 1.28. The maximum Gasteiger partial charge on any atom is 0.246 e. The number of carbonyl (C=O) groups excluding carboxylic acids is 2. The van der Waals surface area contributed by atoms with Crippen molar-refractivity contribution in [1.82, 2.24) is 10.4 Å². The second-order valence-electron chi connectivity index (χ2n) is 6.23. The van der Waals surface area contributed by atoms with Crippen molar-refractivity contribution < 1.29 is 9.59 Å². The number of hydrazone groups is 1. The van der Waals surface area contributed by atoms with Crippen LogP contribution in [0.1, 0.15) is 35.7 Å². The van der Waals surface area contributed by atoms with Crippen LogP contribution in [0, 0.1) is 20.8 Å². The molecule has 0 spiro atoms. The summed E-state index contributed by atoms with van der Waals surface area (Å²) in [5.74, 6) is -0.483. The lowest BCUT2D eigenvalue weighted by molar-refractivity contribution is -0.120. The Labute approximate surface area is 156 Å². The zero-order chi connectivity index (χ0) is 19.3. The Hall–Kier alpha value is -2.74. The third kappa shape index (κ3) is 5.66. The number of nitrogens with one attached hydrogen (secondary N) is 2. The highest BCUT2D eigenvalue weighted by Gasteiger charge is 2.10. The molecule has 138 valence electrons. The number of hydrogen-bond donors (Lipinski definition) is 3. The van der Waals surface area contributed by atoms with Gasteiger partial charge in [-0.25, -0.2) is 10.4 Å². The molecule has 0 aliphatic rings. The number of carbonyl (C=O) groups is 2. The van der Waals surface area contributed by atoms with Gasteiger partial charge in [-0.05, 0) is 38.8 Å². The van der Waals surface area contributed by atoms with Gasteiger partial charge in [0.1, 0.15) is 0 Å². The van der Waals surface area contributed by atoms with Crippen molar-refractivity contribution >= 4 is 39.7 Å². The first-order valence-corrected chi connectivity index (χ1v) is 9.02. The summed E-state index contributed by atoms with van der Waals surface area (Å²) in [6.07, 6.45) is 0.190. The third-order valence-corrected chi connectivity index (χ3v) is 4.36. The number of amides is 2. The normalized spacial score (nSPS) is 11.3. The maximum absolute atomic E-state index is 12.2. The number of hydrogen-bond acceptors (Lipinski definition) is 6. The summed E-state index contributed by atoms with van der Waals surface area (Å²) in [5, 5.41) is 9.03. The first-order chi connectivity index (χ1) is 12.2. The molecule has 8 heteroatoms. The van der Waals surface area contributed by atoms with Crippen LogP contribution < -0.4 is 16.5 Å². The molecule has 0 atom stereocenters. The summed E-state index contributed by atoms with van der Waals surface area (Å²) in [6, 6.07) is 4.05. The Balaban J connectivity index is 1.88. The smallest absolute Gasteiger partial charge is 0.246 e. The van der Waals surface area contributed by atoms with Crippen LogP contribution in [-0.4, -0.2) is 22.5 Å². The Morgan fingerprint density at radius 1 is 1.19 bits per heavy atom. The predicted molar refractivity (Wildman–Crippen MR) is 105 cm³/mol. The number of nitrogens with zero attached hydrogens (tertiary/aromatic N) is 2. The third-order valence-electron chi connectivity index (χ3n) is 3.64. The molecule has 1 aromatic carbocycles. The second kappa shape index (κ2) is 8.57. The highest BCUT2D eigenvalue weighted by atomic mass is 32.1. The molecule has 0 saturated carbocycles. The Morgan fingerprint density at radius 2 is 1.85 bits per heavy atom. The van der Waals surface area contributed by atoms with E-state index in [1.54, 1.807) is 12.3 Å². The molecule has 4 N–H and O–H groups in total. The van der Waals surface area contributed by atoms with Gasteiger partial charge in [0.2, 0.25) is 11.8 Å². The predicted octanol–water partition coefficient (Wildman–Crippen LogP) is 2.71. The van der Waals surface area contributed by atoms with E-state index >= 15 is 0 Å². The Bertz CT molecular complexity index is 834. The minimum Gasteiger partial charge on any atom is -0.375 e. The molecular weight excluding hydrogens is 350 g/mol. The van der Waals surface area contributed by atoms with Crippen LogP contribution in [0.15, 0.2) is 22.6 Å². The van der Waals surface area contributed by atoms with Gasteiger partial charge < -0.3 is 11.1 Å². The highest BCUT2D eigenvalue weighted by molar-refractivity contribution is 7.13. The molecule has 0 saturated heterocycles. The van der Waals surface area contributed by atoms with Crippen molar-refractivity contribution in [2.75, 3.05) is 11.1 Å². The fourth-order valence-electron chi connectivity index (χ4n) is 2.60. The molecule has 0 aliphatic carbocycles. The lowest BCUT2D eigenvalue weighted by atomic mass is 10.0. The van der Waals surface area contributed by atoms with E-state index in [0.717, 1.165) is 22.4 Å². The van der Waals surface area contributed by atoms with Crippen LogP contribution in [0.25, 0.3) is 0 Å². The van der Waals surface area contributed by atoms with Gasteiger partial charge in [0.25, 0.3) is 0 Å². The van der Waals surface area contributed by atoms with Gasteiger partial charge in [-0.2, -0.15) is 5.10 Å². The maximum atomic E-state index is 12.2. The number of aromatic nitrogens is 1. The number of nitrogen functional groups attached to an aromatic ring is 1. The molecule has 0 bridgehead atoms. The van der Waals surface area contributed by atoms with E-state index in [4.69, 9.17) is 5.73 Å². The number of nitrogens with two attached hydrogens (primary N) is 1. The molecule has 2 rings (SSSR count). The minimum atomic E-state index is -0.305. The summed E-state index contributed by atoms with van der Waals surface area (Å²) < 4.78 is 0. The first kappa shape index (κ1) is 19.6. The van der Waals surface area contributed by atoms with Gasteiger partial charge in [-0.15, -0.1) is 11.3 Å². The van der Waals surface area contributed by atoms with E-state index in [-0.39, 0.29) is 24.7 Å². The van der Waals surface area contributed by atoms with Crippen molar-refractivity contribution in [2.24, 2.45) is 5.10 Å². The summed E-state index contributed by atoms with van der Waals surface area (Å²) in [4.78, 5) is 28.1. The number of rotatable bonds is 6. The van der Waals surface area contributed by atoms with E-state index in [9.17, 15) is 9.59 Å². The molecule has 2 amide bonds. The molecule has 0 unspecified atom stereocenters. The zero-order valence-electron chi connectivity index (χ0n) is 15.3. The van der Waals surface area contributed by atoms with E-state index in [0.29, 0.717) is 16.5 Å². The van der Waals surface area contributed by atoms with Gasteiger partial charge >= 0.3 is 0 Å². The van der Waals surface area contributed by atoms with Crippen molar-refractivity contribution in [1.29, 1.82) is 0 Å². The van der Waals surface area contributed by atoms with Gasteiger partial charge in [0.15, 0.2) is 5.13 Å². The monoisotopic (exact) mass is 373 g/mol. The summed E-state index contributed by atoms with van der Waals surface area (Å²) in [5.41, 5.74) is 13.1.